The first kappa shape index (κ1) is 18.2. The van der Waals surface area contributed by atoms with Crippen LogP contribution in [-0.2, 0) is 9.59 Å². The molecule has 0 aromatic heterocycles. The molecule has 4 heteroatoms. The maximum atomic E-state index is 12.5. The van der Waals surface area contributed by atoms with Crippen LogP contribution >= 0.6 is 0 Å². The van der Waals surface area contributed by atoms with Gasteiger partial charge in [0.15, 0.2) is 0 Å². The van der Waals surface area contributed by atoms with Crippen molar-refractivity contribution in [2.45, 2.75) is 38.8 Å². The molecular weight excluding hydrogens is 324 g/mol. The molecule has 1 fully saturated rings. The summed E-state index contributed by atoms with van der Waals surface area (Å²) in [6, 6.07) is 19.4. The molecule has 0 unspecified atom stereocenters. The van der Waals surface area contributed by atoms with E-state index in [9.17, 15) is 9.59 Å². The molecule has 2 amide bonds. The van der Waals surface area contributed by atoms with Gasteiger partial charge in [-0.15, -0.1) is 0 Å². The second kappa shape index (κ2) is 8.17. The second-order valence-electron chi connectivity index (χ2n) is 7.31. The van der Waals surface area contributed by atoms with Gasteiger partial charge in [0.25, 0.3) is 0 Å². The highest BCUT2D eigenvalue weighted by Crippen LogP contribution is 2.40. The summed E-state index contributed by atoms with van der Waals surface area (Å²) in [5.41, 5.74) is 2.06. The molecule has 4 nitrogen and oxygen atoms in total. The molecule has 0 spiro atoms. The zero-order valence-electron chi connectivity index (χ0n) is 15.3. The molecule has 1 aliphatic carbocycles. The van der Waals surface area contributed by atoms with Crippen molar-refractivity contribution in [1.82, 2.24) is 10.6 Å². The predicted octanol–water partition coefficient (Wildman–Crippen LogP) is 3.77. The fourth-order valence-electron chi connectivity index (χ4n) is 3.27. The molecule has 136 valence electrons. The fraction of sp³-hybridized carbons (Fsp3) is 0.364. The molecule has 1 saturated carbocycles. The molecule has 3 rings (SSSR count). The lowest BCUT2D eigenvalue weighted by Gasteiger charge is -2.24. The van der Waals surface area contributed by atoms with E-state index in [4.69, 9.17) is 0 Å². The van der Waals surface area contributed by atoms with Crippen LogP contribution in [0.1, 0.15) is 49.9 Å². The third kappa shape index (κ3) is 4.51. The Labute approximate surface area is 155 Å². The molecule has 0 bridgehead atoms. The lowest BCUT2D eigenvalue weighted by molar-refractivity contribution is -0.140. The van der Waals surface area contributed by atoms with E-state index in [1.807, 2.05) is 74.5 Å². The predicted molar refractivity (Wildman–Crippen MR) is 102 cm³/mol. The molecule has 0 aliphatic heterocycles. The summed E-state index contributed by atoms with van der Waals surface area (Å²) < 4.78 is 0. The number of amides is 2. The van der Waals surface area contributed by atoms with Gasteiger partial charge in [-0.25, -0.2) is 0 Å². The van der Waals surface area contributed by atoms with Gasteiger partial charge in [0.05, 0.1) is 12.1 Å². The topological polar surface area (TPSA) is 58.2 Å². The van der Waals surface area contributed by atoms with Crippen LogP contribution in [0, 0.1) is 11.8 Å². The van der Waals surface area contributed by atoms with Crippen LogP contribution in [0.25, 0.3) is 0 Å². The van der Waals surface area contributed by atoms with E-state index in [-0.39, 0.29) is 18.0 Å². The van der Waals surface area contributed by atoms with Gasteiger partial charge in [-0.05, 0) is 35.8 Å². The summed E-state index contributed by atoms with van der Waals surface area (Å²) in [4.78, 5) is 25.0. The summed E-state index contributed by atoms with van der Waals surface area (Å²) in [5.74, 6) is -0.534. The summed E-state index contributed by atoms with van der Waals surface area (Å²) in [6.45, 7) is 4.07. The van der Waals surface area contributed by atoms with Crippen molar-refractivity contribution in [3.05, 3.63) is 71.8 Å². The molecule has 2 N–H and O–H groups in total. The molecule has 0 heterocycles. The minimum Gasteiger partial charge on any atom is -0.341 e. The van der Waals surface area contributed by atoms with E-state index in [1.165, 1.54) is 0 Å². The third-order valence-electron chi connectivity index (χ3n) is 4.86. The largest absolute Gasteiger partial charge is 0.341 e. The molecule has 2 aromatic carbocycles. The van der Waals surface area contributed by atoms with Crippen LogP contribution in [0.4, 0.5) is 0 Å². The smallest absolute Gasteiger partial charge is 0.309 e. The lowest BCUT2D eigenvalue weighted by Crippen LogP contribution is -2.44. The van der Waals surface area contributed by atoms with Crippen LogP contribution in [0.15, 0.2) is 60.7 Å². The van der Waals surface area contributed by atoms with Crippen molar-refractivity contribution in [2.75, 3.05) is 0 Å². The van der Waals surface area contributed by atoms with Gasteiger partial charge >= 0.3 is 11.8 Å². The maximum absolute atomic E-state index is 12.5. The Balaban J connectivity index is 1.67. The van der Waals surface area contributed by atoms with Gasteiger partial charge in [-0.1, -0.05) is 74.5 Å². The van der Waals surface area contributed by atoms with Crippen LogP contribution in [-0.4, -0.2) is 11.8 Å². The van der Waals surface area contributed by atoms with E-state index in [0.29, 0.717) is 5.92 Å². The summed E-state index contributed by atoms with van der Waals surface area (Å²) in [7, 11) is 0. The normalized spacial score (nSPS) is 16.0. The fourth-order valence-corrected chi connectivity index (χ4v) is 3.27. The van der Waals surface area contributed by atoms with E-state index < -0.39 is 11.8 Å². The molecule has 0 radical (unpaired) electrons. The maximum Gasteiger partial charge on any atom is 0.309 e. The number of hydrogen-bond donors (Lipinski definition) is 2. The summed E-state index contributed by atoms with van der Waals surface area (Å²) >= 11 is 0. The monoisotopic (exact) mass is 350 g/mol. The highest BCUT2D eigenvalue weighted by molar-refractivity contribution is 6.35. The first-order valence-corrected chi connectivity index (χ1v) is 9.27. The van der Waals surface area contributed by atoms with Gasteiger partial charge < -0.3 is 10.6 Å². The van der Waals surface area contributed by atoms with Crippen molar-refractivity contribution < 1.29 is 9.59 Å². The SMILES string of the molecule is CC(C)[C@@H](NC(=O)C(=O)N[C@@H](c1ccccc1)C1CC1)c1ccccc1. The highest BCUT2D eigenvalue weighted by atomic mass is 16.2. The summed E-state index contributed by atoms with van der Waals surface area (Å²) in [6.07, 6.45) is 2.17. The number of rotatable bonds is 6. The molecule has 1 aliphatic rings. The van der Waals surface area contributed by atoms with Gasteiger partial charge in [-0.2, -0.15) is 0 Å². The van der Waals surface area contributed by atoms with E-state index in [1.54, 1.807) is 0 Å². The standard InChI is InChI=1S/C22H26N2O2/c1-15(2)19(16-9-5-3-6-10-16)23-21(25)22(26)24-20(18-13-14-18)17-11-7-4-8-12-17/h3-12,15,18-20H,13-14H2,1-2H3,(H,23,25)(H,24,26)/t19-,20+/m1/s1. The minimum absolute atomic E-state index is 0.0938. The Morgan fingerprint density at radius 3 is 1.81 bits per heavy atom. The van der Waals surface area contributed by atoms with Crippen molar-refractivity contribution >= 4 is 11.8 Å². The van der Waals surface area contributed by atoms with Crippen LogP contribution < -0.4 is 10.6 Å². The molecular formula is C22H26N2O2. The Morgan fingerprint density at radius 2 is 1.31 bits per heavy atom. The van der Waals surface area contributed by atoms with Gasteiger partial charge in [0.1, 0.15) is 0 Å². The van der Waals surface area contributed by atoms with Crippen molar-refractivity contribution in [2.24, 2.45) is 11.8 Å². The highest BCUT2D eigenvalue weighted by Gasteiger charge is 2.34. The van der Waals surface area contributed by atoms with Crippen molar-refractivity contribution in [3.63, 3.8) is 0 Å². The molecule has 26 heavy (non-hydrogen) atoms. The van der Waals surface area contributed by atoms with Gasteiger partial charge in [-0.3, -0.25) is 9.59 Å². The summed E-state index contributed by atoms with van der Waals surface area (Å²) in [5, 5.41) is 5.84. The molecule has 2 atom stereocenters. The van der Waals surface area contributed by atoms with Gasteiger partial charge in [0, 0.05) is 0 Å². The number of hydrogen-bond acceptors (Lipinski definition) is 2. The number of carbonyl (C=O) groups is 2. The number of carbonyl (C=O) groups excluding carboxylic acids is 2. The van der Waals surface area contributed by atoms with E-state index >= 15 is 0 Å². The number of benzene rings is 2. The van der Waals surface area contributed by atoms with Crippen molar-refractivity contribution in [1.29, 1.82) is 0 Å². The Hall–Kier alpha value is -2.62. The first-order valence-electron chi connectivity index (χ1n) is 9.27. The minimum atomic E-state index is -0.575. The van der Waals surface area contributed by atoms with Crippen LogP contribution in [0.2, 0.25) is 0 Å². The molecule has 2 aromatic rings. The molecule has 0 saturated heterocycles. The third-order valence-corrected chi connectivity index (χ3v) is 4.86. The van der Waals surface area contributed by atoms with Crippen LogP contribution in [0.5, 0.6) is 0 Å². The van der Waals surface area contributed by atoms with Gasteiger partial charge in [0.2, 0.25) is 0 Å². The zero-order valence-corrected chi connectivity index (χ0v) is 15.3. The average molecular weight is 350 g/mol. The number of nitrogens with one attached hydrogen (secondary N) is 2. The van der Waals surface area contributed by atoms with E-state index in [0.717, 1.165) is 24.0 Å². The second-order valence-corrected chi connectivity index (χ2v) is 7.31. The average Bonchev–Trinajstić information content (AvgIpc) is 3.50. The Morgan fingerprint density at radius 1 is 0.808 bits per heavy atom. The van der Waals surface area contributed by atoms with Crippen LogP contribution in [0.3, 0.4) is 0 Å². The zero-order chi connectivity index (χ0) is 18.5. The lowest BCUT2D eigenvalue weighted by atomic mass is 9.96. The Bertz CT molecular complexity index is 682. The quantitative estimate of drug-likeness (QED) is 0.779. The Kier molecular flexibility index (Phi) is 5.71. The van der Waals surface area contributed by atoms with Crippen molar-refractivity contribution in [3.8, 4) is 0 Å². The van der Waals surface area contributed by atoms with E-state index in [2.05, 4.69) is 10.6 Å². The first-order chi connectivity index (χ1) is 12.6.